The molecule has 0 spiro atoms. The van der Waals surface area contributed by atoms with Crippen LogP contribution in [0.2, 0.25) is 15.1 Å². The van der Waals surface area contributed by atoms with Crippen molar-refractivity contribution in [2.75, 3.05) is 6.61 Å². The molecular formula is C15H10BrCl3N2O2. The third-order valence-corrected chi connectivity index (χ3v) is 4.32. The summed E-state index contributed by atoms with van der Waals surface area (Å²) in [6, 6.07) is 10.1. The second-order valence-corrected chi connectivity index (χ2v) is 6.38. The number of nitrogens with zero attached hydrogens (tertiary/aromatic N) is 1. The molecule has 1 amide bonds. The van der Waals surface area contributed by atoms with E-state index in [9.17, 15) is 4.79 Å². The molecule has 23 heavy (non-hydrogen) atoms. The summed E-state index contributed by atoms with van der Waals surface area (Å²) in [5, 5.41) is 5.16. The van der Waals surface area contributed by atoms with Crippen LogP contribution in [0.25, 0.3) is 0 Å². The standard InChI is InChI=1S/C15H10BrCl3N2O2/c16-11-6-10(17)4-5-13(11)23-8-14(22)21-20-7-9-2-1-3-12(18)15(9)19/h1-7H,8H2,(H,21,22)/b20-7+. The highest BCUT2D eigenvalue weighted by Crippen LogP contribution is 2.27. The van der Waals surface area contributed by atoms with Crippen LogP contribution >= 0.6 is 50.7 Å². The monoisotopic (exact) mass is 434 g/mol. The molecule has 0 bridgehead atoms. The van der Waals surface area contributed by atoms with Crippen molar-refractivity contribution in [3.63, 3.8) is 0 Å². The Morgan fingerprint density at radius 1 is 1.26 bits per heavy atom. The zero-order chi connectivity index (χ0) is 16.8. The maximum Gasteiger partial charge on any atom is 0.277 e. The van der Waals surface area contributed by atoms with Crippen LogP contribution in [0.3, 0.4) is 0 Å². The van der Waals surface area contributed by atoms with Crippen molar-refractivity contribution in [3.8, 4) is 5.75 Å². The molecule has 0 aliphatic heterocycles. The first-order chi connectivity index (χ1) is 11.0. The lowest BCUT2D eigenvalue weighted by atomic mass is 10.2. The average Bonchev–Trinajstić information content (AvgIpc) is 2.50. The summed E-state index contributed by atoms with van der Waals surface area (Å²) in [6.07, 6.45) is 1.41. The molecule has 120 valence electrons. The van der Waals surface area contributed by atoms with E-state index in [-0.39, 0.29) is 6.61 Å². The lowest BCUT2D eigenvalue weighted by Crippen LogP contribution is -2.24. The van der Waals surface area contributed by atoms with Crippen LogP contribution in [0.1, 0.15) is 5.56 Å². The molecule has 0 aliphatic rings. The summed E-state index contributed by atoms with van der Waals surface area (Å²) in [7, 11) is 0. The molecule has 2 aromatic rings. The number of halogens is 4. The van der Waals surface area contributed by atoms with Gasteiger partial charge in [-0.15, -0.1) is 0 Å². The first-order valence-electron chi connectivity index (χ1n) is 6.31. The number of nitrogens with one attached hydrogen (secondary N) is 1. The van der Waals surface area contributed by atoms with Gasteiger partial charge in [0.1, 0.15) is 5.75 Å². The van der Waals surface area contributed by atoms with E-state index in [4.69, 9.17) is 39.5 Å². The predicted molar refractivity (Wildman–Crippen MR) is 96.8 cm³/mol. The summed E-state index contributed by atoms with van der Waals surface area (Å²) in [6.45, 7) is -0.194. The van der Waals surface area contributed by atoms with Gasteiger partial charge in [-0.3, -0.25) is 4.79 Å². The van der Waals surface area contributed by atoms with E-state index in [1.54, 1.807) is 36.4 Å². The third kappa shape index (κ3) is 5.39. The molecule has 1 N–H and O–H groups in total. The quantitative estimate of drug-likeness (QED) is 0.533. The Balaban J connectivity index is 1.87. The van der Waals surface area contributed by atoms with Gasteiger partial charge in [0, 0.05) is 10.6 Å². The summed E-state index contributed by atoms with van der Waals surface area (Å²) in [5.41, 5.74) is 2.94. The van der Waals surface area contributed by atoms with E-state index in [0.717, 1.165) is 0 Å². The van der Waals surface area contributed by atoms with Crippen molar-refractivity contribution in [1.82, 2.24) is 5.43 Å². The predicted octanol–water partition coefficient (Wildman–Crippen LogP) is 4.94. The fraction of sp³-hybridized carbons (Fsp3) is 0.0667. The second kappa shape index (κ2) is 8.55. The molecule has 0 saturated heterocycles. The molecule has 0 aliphatic carbocycles. The van der Waals surface area contributed by atoms with Crippen molar-refractivity contribution in [1.29, 1.82) is 0 Å². The Kier molecular flexibility index (Phi) is 6.72. The number of carbonyl (C=O) groups excluding carboxylic acids is 1. The zero-order valence-electron chi connectivity index (χ0n) is 11.5. The van der Waals surface area contributed by atoms with Gasteiger partial charge in [-0.25, -0.2) is 5.43 Å². The van der Waals surface area contributed by atoms with Crippen molar-refractivity contribution in [3.05, 3.63) is 61.5 Å². The third-order valence-electron chi connectivity index (χ3n) is 2.63. The summed E-state index contributed by atoms with van der Waals surface area (Å²) >= 11 is 21.0. The highest BCUT2D eigenvalue weighted by molar-refractivity contribution is 9.10. The van der Waals surface area contributed by atoms with Gasteiger partial charge >= 0.3 is 0 Å². The highest BCUT2D eigenvalue weighted by atomic mass is 79.9. The Bertz CT molecular complexity index is 753. The first kappa shape index (κ1) is 18.1. The molecule has 0 radical (unpaired) electrons. The summed E-state index contributed by atoms with van der Waals surface area (Å²) in [5.74, 6) is 0.0904. The van der Waals surface area contributed by atoms with Gasteiger partial charge in [0.15, 0.2) is 6.61 Å². The summed E-state index contributed by atoms with van der Waals surface area (Å²) < 4.78 is 6.02. The van der Waals surface area contributed by atoms with Gasteiger partial charge in [-0.1, -0.05) is 46.9 Å². The van der Waals surface area contributed by atoms with Gasteiger partial charge in [0.25, 0.3) is 5.91 Å². The molecule has 2 rings (SSSR count). The van der Waals surface area contributed by atoms with E-state index in [2.05, 4.69) is 26.5 Å². The molecular weight excluding hydrogens is 426 g/mol. The molecule has 4 nitrogen and oxygen atoms in total. The van der Waals surface area contributed by atoms with Crippen LogP contribution in [0.4, 0.5) is 0 Å². The number of benzene rings is 2. The number of hydrazone groups is 1. The van der Waals surface area contributed by atoms with Crippen LogP contribution in [-0.4, -0.2) is 18.7 Å². The smallest absolute Gasteiger partial charge is 0.277 e. The highest BCUT2D eigenvalue weighted by Gasteiger charge is 2.06. The van der Waals surface area contributed by atoms with E-state index < -0.39 is 5.91 Å². The molecule has 8 heteroatoms. The van der Waals surface area contributed by atoms with Gasteiger partial charge in [-0.2, -0.15) is 5.10 Å². The Morgan fingerprint density at radius 2 is 2.04 bits per heavy atom. The van der Waals surface area contributed by atoms with Gasteiger partial charge in [-0.05, 0) is 40.2 Å². The molecule has 0 atom stereocenters. The molecule has 0 unspecified atom stereocenters. The van der Waals surface area contributed by atoms with E-state index in [1.165, 1.54) is 6.21 Å². The first-order valence-corrected chi connectivity index (χ1v) is 8.24. The summed E-state index contributed by atoms with van der Waals surface area (Å²) in [4.78, 5) is 11.7. The maximum atomic E-state index is 11.7. The largest absolute Gasteiger partial charge is 0.483 e. The van der Waals surface area contributed by atoms with Gasteiger partial charge < -0.3 is 4.74 Å². The molecule has 0 fully saturated rings. The van der Waals surface area contributed by atoms with Crippen molar-refractivity contribution in [2.24, 2.45) is 5.10 Å². The van der Waals surface area contributed by atoms with Gasteiger partial charge in [0.2, 0.25) is 0 Å². The molecule has 0 aromatic heterocycles. The van der Waals surface area contributed by atoms with E-state index in [0.29, 0.717) is 30.9 Å². The molecule has 2 aromatic carbocycles. The normalized spacial score (nSPS) is 10.8. The molecule has 0 heterocycles. The minimum absolute atomic E-state index is 0.194. The minimum Gasteiger partial charge on any atom is -0.483 e. The fourth-order valence-electron chi connectivity index (χ4n) is 1.56. The van der Waals surface area contributed by atoms with Crippen molar-refractivity contribution in [2.45, 2.75) is 0 Å². The van der Waals surface area contributed by atoms with Crippen LogP contribution in [0.5, 0.6) is 5.75 Å². The van der Waals surface area contributed by atoms with Crippen molar-refractivity contribution >= 4 is 62.9 Å². The molecule has 0 saturated carbocycles. The fourth-order valence-corrected chi connectivity index (χ4v) is 2.72. The van der Waals surface area contributed by atoms with Crippen LogP contribution in [0.15, 0.2) is 46.0 Å². The number of ether oxygens (including phenoxy) is 1. The maximum absolute atomic E-state index is 11.7. The Hall–Kier alpha value is -1.27. The number of amides is 1. The number of hydrogen-bond donors (Lipinski definition) is 1. The topological polar surface area (TPSA) is 50.7 Å². The minimum atomic E-state index is -0.416. The van der Waals surface area contributed by atoms with E-state index >= 15 is 0 Å². The SMILES string of the molecule is O=C(COc1ccc(Cl)cc1Br)N/N=C/c1cccc(Cl)c1Cl. The van der Waals surface area contributed by atoms with Gasteiger partial charge in [0.05, 0.1) is 20.7 Å². The van der Waals surface area contributed by atoms with Crippen LogP contribution in [0, 0.1) is 0 Å². The van der Waals surface area contributed by atoms with Crippen LogP contribution < -0.4 is 10.2 Å². The average molecular weight is 437 g/mol. The lowest BCUT2D eigenvalue weighted by molar-refractivity contribution is -0.123. The zero-order valence-corrected chi connectivity index (χ0v) is 15.4. The van der Waals surface area contributed by atoms with Crippen LogP contribution in [-0.2, 0) is 4.79 Å². The number of carbonyl (C=O) groups is 1. The Morgan fingerprint density at radius 3 is 2.78 bits per heavy atom. The number of rotatable bonds is 5. The number of hydrogen-bond acceptors (Lipinski definition) is 3. The Labute approximate surface area is 156 Å². The van der Waals surface area contributed by atoms with E-state index in [1.807, 2.05) is 0 Å². The second-order valence-electron chi connectivity index (χ2n) is 4.30. The van der Waals surface area contributed by atoms with Crippen molar-refractivity contribution < 1.29 is 9.53 Å². The lowest BCUT2D eigenvalue weighted by Gasteiger charge is -2.07.